The van der Waals surface area contributed by atoms with Gasteiger partial charge in [-0.2, -0.15) is 4.31 Å². The summed E-state index contributed by atoms with van der Waals surface area (Å²) in [7, 11) is -3.84. The zero-order chi connectivity index (χ0) is 20.6. The molecular formula is C19H21ClFN3O3S. The minimum atomic E-state index is -3.84. The predicted molar refractivity (Wildman–Crippen MR) is 107 cm³/mol. The van der Waals surface area contributed by atoms with Crippen LogP contribution in [0.4, 0.5) is 10.1 Å². The SMILES string of the molecule is Cc1cc(F)ccc1N1CCN(S(=O)(=O)c2ccc(C(N)=O)cc2Cl)[C@H](C)C1. The number of primary amides is 1. The van der Waals surface area contributed by atoms with Crippen LogP contribution in [-0.4, -0.2) is 44.3 Å². The van der Waals surface area contributed by atoms with Crippen molar-refractivity contribution in [2.45, 2.75) is 24.8 Å². The number of nitrogens with zero attached hydrogens (tertiary/aromatic N) is 2. The van der Waals surface area contributed by atoms with E-state index in [1.807, 2.05) is 18.7 Å². The monoisotopic (exact) mass is 425 g/mol. The maximum absolute atomic E-state index is 13.4. The Bertz CT molecular complexity index is 1030. The van der Waals surface area contributed by atoms with Crippen LogP contribution in [0.25, 0.3) is 0 Å². The maximum Gasteiger partial charge on any atom is 0.248 e. The summed E-state index contributed by atoms with van der Waals surface area (Å²) in [6.45, 7) is 4.82. The van der Waals surface area contributed by atoms with Crippen molar-refractivity contribution in [1.82, 2.24) is 4.31 Å². The van der Waals surface area contributed by atoms with Crippen molar-refractivity contribution in [2.24, 2.45) is 5.73 Å². The van der Waals surface area contributed by atoms with E-state index in [1.165, 1.54) is 34.6 Å². The maximum atomic E-state index is 13.4. The molecule has 2 aromatic rings. The van der Waals surface area contributed by atoms with E-state index in [-0.39, 0.29) is 33.9 Å². The van der Waals surface area contributed by atoms with Crippen LogP contribution in [0.15, 0.2) is 41.3 Å². The molecule has 0 aliphatic carbocycles. The number of hydrogen-bond donors (Lipinski definition) is 1. The average molecular weight is 426 g/mol. The first-order chi connectivity index (χ1) is 13.1. The Labute approximate surface area is 168 Å². The number of nitrogens with two attached hydrogens (primary N) is 1. The molecule has 0 bridgehead atoms. The number of rotatable bonds is 4. The smallest absolute Gasteiger partial charge is 0.248 e. The van der Waals surface area contributed by atoms with Gasteiger partial charge in [0.1, 0.15) is 10.7 Å². The number of sulfonamides is 1. The third-order valence-electron chi connectivity index (χ3n) is 4.87. The summed E-state index contributed by atoms with van der Waals surface area (Å²) < 4.78 is 41.0. The van der Waals surface area contributed by atoms with Crippen molar-refractivity contribution < 1.29 is 17.6 Å². The summed E-state index contributed by atoms with van der Waals surface area (Å²) in [5.41, 5.74) is 7.04. The number of amides is 1. The lowest BCUT2D eigenvalue weighted by molar-refractivity contribution is 0.1000. The number of benzene rings is 2. The molecule has 150 valence electrons. The highest BCUT2D eigenvalue weighted by atomic mass is 35.5. The van der Waals surface area contributed by atoms with Gasteiger partial charge in [0.05, 0.1) is 5.02 Å². The van der Waals surface area contributed by atoms with Crippen LogP contribution < -0.4 is 10.6 Å². The van der Waals surface area contributed by atoms with Gasteiger partial charge in [0, 0.05) is 36.9 Å². The highest BCUT2D eigenvalue weighted by molar-refractivity contribution is 7.89. The lowest BCUT2D eigenvalue weighted by atomic mass is 10.1. The fourth-order valence-electron chi connectivity index (χ4n) is 3.48. The molecule has 1 aliphatic rings. The molecule has 1 heterocycles. The molecule has 1 fully saturated rings. The van der Waals surface area contributed by atoms with Crippen LogP contribution in [0.2, 0.25) is 5.02 Å². The molecule has 1 saturated heterocycles. The summed E-state index contributed by atoms with van der Waals surface area (Å²) in [6.07, 6.45) is 0. The zero-order valence-corrected chi connectivity index (χ0v) is 17.1. The van der Waals surface area contributed by atoms with Crippen LogP contribution in [0.5, 0.6) is 0 Å². The molecular weight excluding hydrogens is 405 g/mol. The summed E-state index contributed by atoms with van der Waals surface area (Å²) in [6, 6.07) is 8.17. The second-order valence-electron chi connectivity index (χ2n) is 6.85. The molecule has 1 aliphatic heterocycles. The number of piperazine rings is 1. The van der Waals surface area contributed by atoms with Crippen molar-refractivity contribution in [3.8, 4) is 0 Å². The fourth-order valence-corrected chi connectivity index (χ4v) is 5.61. The van der Waals surface area contributed by atoms with Gasteiger partial charge in [-0.15, -0.1) is 0 Å². The van der Waals surface area contributed by atoms with Crippen molar-refractivity contribution in [3.63, 3.8) is 0 Å². The summed E-state index contributed by atoms with van der Waals surface area (Å²) in [4.78, 5) is 13.2. The molecule has 9 heteroatoms. The van der Waals surface area contributed by atoms with E-state index >= 15 is 0 Å². The Morgan fingerprint density at radius 1 is 1.21 bits per heavy atom. The number of hydrogen-bond acceptors (Lipinski definition) is 4. The van der Waals surface area contributed by atoms with E-state index in [4.69, 9.17) is 17.3 Å². The Hall–Kier alpha value is -2.16. The van der Waals surface area contributed by atoms with Crippen LogP contribution in [-0.2, 0) is 10.0 Å². The average Bonchev–Trinajstić information content (AvgIpc) is 2.61. The van der Waals surface area contributed by atoms with Crippen LogP contribution >= 0.6 is 11.6 Å². The largest absolute Gasteiger partial charge is 0.368 e. The van der Waals surface area contributed by atoms with Crippen molar-refractivity contribution >= 4 is 33.2 Å². The molecule has 6 nitrogen and oxygen atoms in total. The number of anilines is 1. The van der Waals surface area contributed by atoms with E-state index < -0.39 is 15.9 Å². The summed E-state index contributed by atoms with van der Waals surface area (Å²) in [5, 5.41) is -0.0414. The van der Waals surface area contributed by atoms with Gasteiger partial charge in [0.15, 0.2) is 0 Å². The molecule has 3 rings (SSSR count). The lowest BCUT2D eigenvalue weighted by Crippen LogP contribution is -2.54. The third kappa shape index (κ3) is 3.85. The Morgan fingerprint density at radius 2 is 1.93 bits per heavy atom. The first-order valence-electron chi connectivity index (χ1n) is 8.73. The Morgan fingerprint density at radius 3 is 2.50 bits per heavy atom. The lowest BCUT2D eigenvalue weighted by Gasteiger charge is -2.40. The summed E-state index contributed by atoms with van der Waals surface area (Å²) >= 11 is 6.13. The molecule has 0 spiro atoms. The molecule has 28 heavy (non-hydrogen) atoms. The van der Waals surface area contributed by atoms with Gasteiger partial charge in [0.2, 0.25) is 15.9 Å². The van der Waals surface area contributed by atoms with Gasteiger partial charge in [-0.1, -0.05) is 11.6 Å². The highest BCUT2D eigenvalue weighted by Gasteiger charge is 2.35. The topological polar surface area (TPSA) is 83.7 Å². The summed E-state index contributed by atoms with van der Waals surface area (Å²) in [5.74, 6) is -0.980. The number of halogens is 2. The van der Waals surface area contributed by atoms with E-state index in [9.17, 15) is 17.6 Å². The highest BCUT2D eigenvalue weighted by Crippen LogP contribution is 2.30. The molecule has 2 N–H and O–H groups in total. The first-order valence-corrected chi connectivity index (χ1v) is 10.6. The molecule has 0 saturated carbocycles. The van der Waals surface area contributed by atoms with E-state index in [2.05, 4.69) is 0 Å². The van der Waals surface area contributed by atoms with E-state index in [1.54, 1.807) is 6.07 Å². The van der Waals surface area contributed by atoms with Gasteiger partial charge in [-0.25, -0.2) is 12.8 Å². The zero-order valence-electron chi connectivity index (χ0n) is 15.5. The molecule has 0 radical (unpaired) electrons. The number of aryl methyl sites for hydroxylation is 1. The van der Waals surface area contributed by atoms with E-state index in [0.717, 1.165) is 11.3 Å². The second kappa shape index (κ2) is 7.69. The molecule has 0 aromatic heterocycles. The molecule has 1 atom stereocenters. The van der Waals surface area contributed by atoms with Gasteiger partial charge in [-0.05, 0) is 55.8 Å². The Kier molecular flexibility index (Phi) is 5.65. The number of carbonyl (C=O) groups excluding carboxylic acids is 1. The number of carbonyl (C=O) groups is 1. The second-order valence-corrected chi connectivity index (χ2v) is 9.12. The first kappa shape index (κ1) is 20.6. The minimum absolute atomic E-state index is 0.0414. The van der Waals surface area contributed by atoms with Crippen molar-refractivity contribution in [3.05, 3.63) is 58.4 Å². The van der Waals surface area contributed by atoms with Gasteiger partial charge >= 0.3 is 0 Å². The molecule has 0 unspecified atom stereocenters. The van der Waals surface area contributed by atoms with Gasteiger partial charge < -0.3 is 10.6 Å². The van der Waals surface area contributed by atoms with Gasteiger partial charge in [-0.3, -0.25) is 4.79 Å². The van der Waals surface area contributed by atoms with Crippen molar-refractivity contribution in [1.29, 1.82) is 0 Å². The standard InChI is InChI=1S/C19H21ClFN3O3S/c1-12-9-15(21)4-5-17(12)23-7-8-24(13(2)11-23)28(26,27)18-6-3-14(19(22)25)10-16(18)20/h3-6,9-10,13H,7-8,11H2,1-2H3,(H2,22,25)/t13-/m1/s1. The minimum Gasteiger partial charge on any atom is -0.368 e. The fraction of sp³-hybridized carbons (Fsp3) is 0.316. The van der Waals surface area contributed by atoms with Crippen LogP contribution in [0, 0.1) is 12.7 Å². The third-order valence-corrected chi connectivity index (χ3v) is 7.37. The van der Waals surface area contributed by atoms with Gasteiger partial charge in [0.25, 0.3) is 0 Å². The predicted octanol–water partition coefficient (Wildman–Crippen LogP) is 2.79. The molecule has 2 aromatic carbocycles. The van der Waals surface area contributed by atoms with Crippen LogP contribution in [0.3, 0.4) is 0 Å². The normalized spacial score (nSPS) is 18.3. The van der Waals surface area contributed by atoms with Crippen molar-refractivity contribution in [2.75, 3.05) is 24.5 Å². The molecule has 1 amide bonds. The quantitative estimate of drug-likeness (QED) is 0.816. The van der Waals surface area contributed by atoms with Crippen LogP contribution in [0.1, 0.15) is 22.8 Å². The Balaban J connectivity index is 1.84. The van der Waals surface area contributed by atoms with E-state index in [0.29, 0.717) is 13.1 Å².